The summed E-state index contributed by atoms with van der Waals surface area (Å²) in [6.07, 6.45) is 0. The molecule has 2 rings (SSSR count). The highest BCUT2D eigenvalue weighted by atomic mass is 35.5. The van der Waals surface area contributed by atoms with Crippen LogP contribution in [0.25, 0.3) is 0 Å². The minimum atomic E-state index is -0.145. The first kappa shape index (κ1) is 11.5. The third-order valence-electron chi connectivity index (χ3n) is 2.14. The molecule has 0 bridgehead atoms. The van der Waals surface area contributed by atoms with E-state index >= 15 is 0 Å². The molecule has 0 saturated carbocycles. The number of nitrogens with zero attached hydrogens (tertiary/aromatic N) is 1. The molecule has 2 N–H and O–H groups in total. The molecule has 0 aliphatic heterocycles. The third kappa shape index (κ3) is 2.40. The van der Waals surface area contributed by atoms with Gasteiger partial charge in [0, 0.05) is 4.88 Å². The number of hydrogen-bond donors (Lipinski definition) is 1. The number of hydrogen-bond acceptors (Lipinski definition) is 3. The molecule has 1 atom stereocenters. The summed E-state index contributed by atoms with van der Waals surface area (Å²) in [5.74, 6) is -0.145. The maximum absolute atomic E-state index is 5.86. The zero-order valence-electron chi connectivity index (χ0n) is 8.26. The molecule has 1 unspecified atom stereocenters. The van der Waals surface area contributed by atoms with Gasteiger partial charge in [-0.1, -0.05) is 36.0 Å². The van der Waals surface area contributed by atoms with Crippen LogP contribution in [0.15, 0.2) is 35.7 Å². The fraction of sp³-hybridized carbons (Fsp3) is 0.0909. The van der Waals surface area contributed by atoms with Crippen LogP contribution >= 0.6 is 35.2 Å². The summed E-state index contributed by atoms with van der Waals surface area (Å²) >= 11 is 12.6. The molecule has 0 spiro atoms. The van der Waals surface area contributed by atoms with Gasteiger partial charge < -0.3 is 5.73 Å². The van der Waals surface area contributed by atoms with Gasteiger partial charge in [-0.15, -0.1) is 11.3 Å². The van der Waals surface area contributed by atoms with Crippen molar-refractivity contribution in [3.05, 3.63) is 51.4 Å². The number of thiophene rings is 1. The SMILES string of the molecule is NC(=S)C(c1cccc(Cl)n1)c1cccs1. The molecule has 2 aromatic rings. The molecule has 2 aromatic heterocycles. The van der Waals surface area contributed by atoms with Gasteiger partial charge in [-0.25, -0.2) is 4.98 Å². The Kier molecular flexibility index (Phi) is 3.53. The predicted molar refractivity (Wildman–Crippen MR) is 72.2 cm³/mol. The molecular weight excluding hydrogens is 260 g/mol. The van der Waals surface area contributed by atoms with Crippen LogP contribution < -0.4 is 5.73 Å². The Morgan fingerprint density at radius 2 is 2.19 bits per heavy atom. The van der Waals surface area contributed by atoms with Crippen LogP contribution in [0.2, 0.25) is 5.15 Å². The molecule has 82 valence electrons. The molecule has 2 nitrogen and oxygen atoms in total. The van der Waals surface area contributed by atoms with Crippen LogP contribution in [-0.4, -0.2) is 9.97 Å². The van der Waals surface area contributed by atoms with Gasteiger partial charge in [-0.05, 0) is 23.6 Å². The quantitative estimate of drug-likeness (QED) is 0.686. The number of thiocarbonyl (C=S) groups is 1. The normalized spacial score (nSPS) is 12.3. The van der Waals surface area contributed by atoms with Crippen LogP contribution in [0.5, 0.6) is 0 Å². The van der Waals surface area contributed by atoms with E-state index in [9.17, 15) is 0 Å². The van der Waals surface area contributed by atoms with Gasteiger partial charge >= 0.3 is 0 Å². The van der Waals surface area contributed by atoms with Crippen LogP contribution in [0.3, 0.4) is 0 Å². The smallest absolute Gasteiger partial charge is 0.129 e. The summed E-state index contributed by atoms with van der Waals surface area (Å²) in [6, 6.07) is 9.43. The average molecular weight is 269 g/mol. The van der Waals surface area contributed by atoms with Gasteiger partial charge in [-0.2, -0.15) is 0 Å². The van der Waals surface area contributed by atoms with E-state index in [-0.39, 0.29) is 5.92 Å². The largest absolute Gasteiger partial charge is 0.392 e. The zero-order valence-corrected chi connectivity index (χ0v) is 10.6. The molecule has 2 heterocycles. The Bertz CT molecular complexity index is 496. The van der Waals surface area contributed by atoms with E-state index in [0.29, 0.717) is 10.1 Å². The number of rotatable bonds is 3. The first-order chi connectivity index (χ1) is 7.68. The number of halogens is 1. The van der Waals surface area contributed by atoms with Crippen molar-refractivity contribution >= 4 is 40.1 Å². The number of pyridine rings is 1. The molecule has 0 saturated heterocycles. The van der Waals surface area contributed by atoms with E-state index < -0.39 is 0 Å². The lowest BCUT2D eigenvalue weighted by atomic mass is 10.0. The minimum Gasteiger partial charge on any atom is -0.392 e. The Morgan fingerprint density at radius 1 is 1.38 bits per heavy atom. The van der Waals surface area contributed by atoms with Crippen molar-refractivity contribution < 1.29 is 0 Å². The van der Waals surface area contributed by atoms with Crippen molar-refractivity contribution in [3.63, 3.8) is 0 Å². The third-order valence-corrected chi connectivity index (χ3v) is 3.53. The van der Waals surface area contributed by atoms with E-state index in [4.69, 9.17) is 29.6 Å². The fourth-order valence-electron chi connectivity index (χ4n) is 1.47. The van der Waals surface area contributed by atoms with Gasteiger partial charge in [0.05, 0.1) is 16.6 Å². The maximum Gasteiger partial charge on any atom is 0.129 e. The molecule has 0 aliphatic rings. The molecule has 0 aromatic carbocycles. The van der Waals surface area contributed by atoms with Gasteiger partial charge in [0.2, 0.25) is 0 Å². The summed E-state index contributed by atoms with van der Waals surface area (Å²) in [5, 5.41) is 2.45. The monoisotopic (exact) mass is 268 g/mol. The molecule has 0 aliphatic carbocycles. The van der Waals surface area contributed by atoms with E-state index in [0.717, 1.165) is 10.6 Å². The fourth-order valence-corrected chi connectivity index (χ4v) is 2.82. The predicted octanol–water partition coefficient (Wildman–Crippen LogP) is 3.21. The number of aromatic nitrogens is 1. The minimum absolute atomic E-state index is 0.145. The summed E-state index contributed by atoms with van der Waals surface area (Å²) in [5.41, 5.74) is 6.56. The van der Waals surface area contributed by atoms with Gasteiger partial charge in [-0.3, -0.25) is 0 Å². The second-order valence-corrected chi connectivity index (χ2v) is 5.07. The van der Waals surface area contributed by atoms with Crippen molar-refractivity contribution in [1.29, 1.82) is 0 Å². The first-order valence-electron chi connectivity index (χ1n) is 4.63. The van der Waals surface area contributed by atoms with Crippen molar-refractivity contribution in [2.24, 2.45) is 5.73 Å². The Labute approximate surface area is 108 Å². The Morgan fingerprint density at radius 3 is 2.75 bits per heavy atom. The molecule has 0 fully saturated rings. The molecule has 5 heteroatoms. The molecule has 0 radical (unpaired) electrons. The Balaban J connectivity index is 2.45. The highest BCUT2D eigenvalue weighted by Gasteiger charge is 2.19. The lowest BCUT2D eigenvalue weighted by Crippen LogP contribution is -2.20. The van der Waals surface area contributed by atoms with Crippen molar-refractivity contribution in [2.75, 3.05) is 0 Å². The van der Waals surface area contributed by atoms with Crippen molar-refractivity contribution in [1.82, 2.24) is 4.98 Å². The lowest BCUT2D eigenvalue weighted by molar-refractivity contribution is 1.02. The van der Waals surface area contributed by atoms with Gasteiger partial charge in [0.15, 0.2) is 0 Å². The summed E-state index contributed by atoms with van der Waals surface area (Å²) in [7, 11) is 0. The van der Waals surface area contributed by atoms with Crippen molar-refractivity contribution in [2.45, 2.75) is 5.92 Å². The van der Waals surface area contributed by atoms with Gasteiger partial charge in [0.1, 0.15) is 5.15 Å². The Hall–Kier alpha value is -0.970. The van der Waals surface area contributed by atoms with Crippen LogP contribution in [0.4, 0.5) is 0 Å². The van der Waals surface area contributed by atoms with Crippen LogP contribution in [0, 0.1) is 0 Å². The summed E-state index contributed by atoms with van der Waals surface area (Å²) in [6.45, 7) is 0. The zero-order chi connectivity index (χ0) is 11.5. The summed E-state index contributed by atoms with van der Waals surface area (Å²) < 4.78 is 0. The highest BCUT2D eigenvalue weighted by molar-refractivity contribution is 7.80. The topological polar surface area (TPSA) is 38.9 Å². The van der Waals surface area contributed by atoms with E-state index in [1.165, 1.54) is 0 Å². The standard InChI is InChI=1S/C11H9ClN2S2/c12-9-5-1-3-7(14-9)10(11(13)15)8-4-2-6-16-8/h1-6,10H,(H2,13,15). The number of nitrogens with two attached hydrogens (primary N) is 1. The van der Waals surface area contributed by atoms with Crippen LogP contribution in [0.1, 0.15) is 16.5 Å². The van der Waals surface area contributed by atoms with E-state index in [1.807, 2.05) is 29.6 Å². The van der Waals surface area contributed by atoms with Crippen molar-refractivity contribution in [3.8, 4) is 0 Å². The van der Waals surface area contributed by atoms with Crippen LogP contribution in [-0.2, 0) is 0 Å². The van der Waals surface area contributed by atoms with Gasteiger partial charge in [0.25, 0.3) is 0 Å². The second-order valence-electron chi connectivity index (χ2n) is 3.24. The molecule has 0 amide bonds. The van der Waals surface area contributed by atoms with E-state index in [1.54, 1.807) is 17.4 Å². The highest BCUT2D eigenvalue weighted by Crippen LogP contribution is 2.28. The molecule has 16 heavy (non-hydrogen) atoms. The average Bonchev–Trinajstić information content (AvgIpc) is 2.71. The molecular formula is C11H9ClN2S2. The van der Waals surface area contributed by atoms with E-state index in [2.05, 4.69) is 4.98 Å². The maximum atomic E-state index is 5.86. The lowest BCUT2D eigenvalue weighted by Gasteiger charge is -2.13. The summed E-state index contributed by atoms with van der Waals surface area (Å²) in [4.78, 5) is 5.75. The second kappa shape index (κ2) is 4.91. The first-order valence-corrected chi connectivity index (χ1v) is 6.30.